The Morgan fingerprint density at radius 2 is 1.88 bits per heavy atom. The predicted octanol–water partition coefficient (Wildman–Crippen LogP) is 3.53. The molecule has 0 saturated heterocycles. The first-order valence-corrected chi connectivity index (χ1v) is 6.52. The molecule has 0 amide bonds. The summed E-state index contributed by atoms with van der Waals surface area (Å²) in [6.07, 6.45) is 0. The first-order chi connectivity index (χ1) is 7.90. The zero-order valence-electron chi connectivity index (χ0n) is 10.7. The van der Waals surface area contributed by atoms with Crippen molar-refractivity contribution in [2.24, 2.45) is 0 Å². The number of fused-ring (bicyclic) bond motifs is 1. The van der Waals surface area contributed by atoms with Crippen LogP contribution < -0.4 is 0 Å². The molecule has 2 rings (SSSR count). The van der Waals surface area contributed by atoms with Gasteiger partial charge in [0.15, 0.2) is 0 Å². The van der Waals surface area contributed by atoms with Crippen LogP contribution in [0.4, 0.5) is 0 Å². The van der Waals surface area contributed by atoms with Gasteiger partial charge in [0.25, 0.3) is 0 Å². The standard InChI is InChI=1S/C14H18O2S/c1-13(2,16-4)14(3,15)11-7-5-6-10-8-9-17-12(10)11/h5-9,15H,1-4H3. The molecular weight excluding hydrogens is 232 g/mol. The van der Waals surface area contributed by atoms with E-state index in [0.717, 1.165) is 10.3 Å². The van der Waals surface area contributed by atoms with E-state index in [0.29, 0.717) is 0 Å². The van der Waals surface area contributed by atoms with Crippen molar-refractivity contribution < 1.29 is 9.84 Å². The molecule has 0 spiro atoms. The van der Waals surface area contributed by atoms with Crippen molar-refractivity contribution in [1.82, 2.24) is 0 Å². The Kier molecular flexibility index (Phi) is 3.02. The lowest BCUT2D eigenvalue weighted by atomic mass is 9.81. The van der Waals surface area contributed by atoms with E-state index in [1.165, 1.54) is 5.39 Å². The van der Waals surface area contributed by atoms with E-state index in [1.54, 1.807) is 18.4 Å². The van der Waals surface area contributed by atoms with Gasteiger partial charge in [-0.25, -0.2) is 0 Å². The summed E-state index contributed by atoms with van der Waals surface area (Å²) in [4.78, 5) is 0. The normalized spacial score (nSPS) is 16.1. The van der Waals surface area contributed by atoms with E-state index in [9.17, 15) is 5.11 Å². The third-order valence-corrected chi connectivity index (χ3v) is 4.65. The minimum Gasteiger partial charge on any atom is -0.382 e. The Labute approximate surface area is 106 Å². The second-order valence-electron chi connectivity index (χ2n) is 4.93. The second-order valence-corrected chi connectivity index (χ2v) is 5.85. The topological polar surface area (TPSA) is 29.5 Å². The van der Waals surface area contributed by atoms with Crippen molar-refractivity contribution in [1.29, 1.82) is 0 Å². The quantitative estimate of drug-likeness (QED) is 0.903. The molecule has 0 fully saturated rings. The fourth-order valence-corrected chi connectivity index (χ4v) is 2.92. The molecular formula is C14H18O2S. The molecule has 0 aliphatic rings. The highest BCUT2D eigenvalue weighted by Crippen LogP contribution is 2.39. The van der Waals surface area contributed by atoms with Crippen molar-refractivity contribution in [3.63, 3.8) is 0 Å². The summed E-state index contributed by atoms with van der Waals surface area (Å²) >= 11 is 1.65. The van der Waals surface area contributed by atoms with Gasteiger partial charge in [0.05, 0.1) is 5.60 Å². The number of hydrogen-bond acceptors (Lipinski definition) is 3. The van der Waals surface area contributed by atoms with Gasteiger partial charge in [-0.05, 0) is 37.6 Å². The molecule has 1 aromatic heterocycles. The third-order valence-electron chi connectivity index (χ3n) is 3.69. The molecule has 0 bridgehead atoms. The molecule has 1 N–H and O–H groups in total. The highest BCUT2D eigenvalue weighted by molar-refractivity contribution is 7.17. The van der Waals surface area contributed by atoms with Crippen LogP contribution in [-0.4, -0.2) is 17.8 Å². The maximum Gasteiger partial charge on any atom is 0.116 e. The lowest BCUT2D eigenvalue weighted by molar-refractivity contribution is -0.144. The van der Waals surface area contributed by atoms with Gasteiger partial charge in [0.2, 0.25) is 0 Å². The van der Waals surface area contributed by atoms with E-state index in [-0.39, 0.29) is 0 Å². The molecule has 0 radical (unpaired) electrons. The first kappa shape index (κ1) is 12.6. The van der Waals surface area contributed by atoms with Gasteiger partial charge in [-0.15, -0.1) is 11.3 Å². The summed E-state index contributed by atoms with van der Waals surface area (Å²) in [5, 5.41) is 14.0. The van der Waals surface area contributed by atoms with Crippen LogP contribution in [-0.2, 0) is 10.3 Å². The highest BCUT2D eigenvalue weighted by Gasteiger charge is 2.42. The van der Waals surface area contributed by atoms with Crippen LogP contribution in [0.2, 0.25) is 0 Å². The number of ether oxygens (including phenoxy) is 1. The van der Waals surface area contributed by atoms with Gasteiger partial charge in [-0.1, -0.05) is 18.2 Å². The zero-order valence-corrected chi connectivity index (χ0v) is 11.5. The molecule has 92 valence electrons. The van der Waals surface area contributed by atoms with Gasteiger partial charge in [-0.2, -0.15) is 0 Å². The number of aliphatic hydroxyl groups is 1. The van der Waals surface area contributed by atoms with Gasteiger partial charge < -0.3 is 9.84 Å². The number of hydrogen-bond donors (Lipinski definition) is 1. The smallest absolute Gasteiger partial charge is 0.116 e. The lowest BCUT2D eigenvalue weighted by Gasteiger charge is -2.39. The predicted molar refractivity (Wildman–Crippen MR) is 72.5 cm³/mol. The maximum absolute atomic E-state index is 10.8. The van der Waals surface area contributed by atoms with Gasteiger partial charge in [0, 0.05) is 17.4 Å². The van der Waals surface area contributed by atoms with E-state index in [1.807, 2.05) is 38.3 Å². The summed E-state index contributed by atoms with van der Waals surface area (Å²) in [5.41, 5.74) is -0.728. The zero-order chi connectivity index (χ0) is 12.7. The summed E-state index contributed by atoms with van der Waals surface area (Å²) in [5.74, 6) is 0. The molecule has 2 aromatic rings. The minimum absolute atomic E-state index is 0.634. The van der Waals surface area contributed by atoms with E-state index in [2.05, 4.69) is 12.1 Å². The minimum atomic E-state index is -1.02. The lowest BCUT2D eigenvalue weighted by Crippen LogP contribution is -2.46. The van der Waals surface area contributed by atoms with Crippen LogP contribution in [0.1, 0.15) is 26.3 Å². The van der Waals surface area contributed by atoms with Crippen LogP contribution in [0.5, 0.6) is 0 Å². The molecule has 0 aliphatic carbocycles. The number of methoxy groups -OCH3 is 1. The number of thiophene rings is 1. The Hall–Kier alpha value is -0.900. The van der Waals surface area contributed by atoms with Crippen molar-refractivity contribution in [3.8, 4) is 0 Å². The van der Waals surface area contributed by atoms with Crippen LogP contribution in [0, 0.1) is 0 Å². The second kappa shape index (κ2) is 4.09. The molecule has 0 saturated carbocycles. The summed E-state index contributed by atoms with van der Waals surface area (Å²) in [6.45, 7) is 5.61. The van der Waals surface area contributed by atoms with Crippen LogP contribution >= 0.6 is 11.3 Å². The van der Waals surface area contributed by atoms with E-state index >= 15 is 0 Å². The molecule has 1 unspecified atom stereocenters. The van der Waals surface area contributed by atoms with Gasteiger partial charge >= 0.3 is 0 Å². The monoisotopic (exact) mass is 250 g/mol. The van der Waals surface area contributed by atoms with Crippen molar-refractivity contribution in [3.05, 3.63) is 35.2 Å². The number of rotatable bonds is 3. The average molecular weight is 250 g/mol. The molecule has 17 heavy (non-hydrogen) atoms. The summed E-state index contributed by atoms with van der Waals surface area (Å²) < 4.78 is 6.56. The SMILES string of the molecule is COC(C)(C)C(C)(O)c1cccc2ccsc12. The molecule has 1 atom stereocenters. The van der Waals surface area contributed by atoms with E-state index < -0.39 is 11.2 Å². The van der Waals surface area contributed by atoms with Crippen LogP contribution in [0.25, 0.3) is 10.1 Å². The molecule has 1 heterocycles. The summed E-state index contributed by atoms with van der Waals surface area (Å²) in [7, 11) is 1.63. The highest BCUT2D eigenvalue weighted by atomic mass is 32.1. The van der Waals surface area contributed by atoms with Crippen molar-refractivity contribution >= 4 is 21.4 Å². The van der Waals surface area contributed by atoms with Crippen LogP contribution in [0.3, 0.4) is 0 Å². The third kappa shape index (κ3) is 1.88. The number of benzene rings is 1. The van der Waals surface area contributed by atoms with Gasteiger partial charge in [-0.3, -0.25) is 0 Å². The Balaban J connectivity index is 2.63. The largest absolute Gasteiger partial charge is 0.382 e. The Morgan fingerprint density at radius 1 is 1.18 bits per heavy atom. The van der Waals surface area contributed by atoms with Crippen molar-refractivity contribution in [2.45, 2.75) is 32.0 Å². The average Bonchev–Trinajstić information content (AvgIpc) is 2.76. The molecule has 1 aromatic carbocycles. The van der Waals surface area contributed by atoms with Gasteiger partial charge in [0.1, 0.15) is 5.60 Å². The Bertz CT molecular complexity index is 526. The molecule has 0 aliphatic heterocycles. The van der Waals surface area contributed by atoms with Crippen LogP contribution in [0.15, 0.2) is 29.6 Å². The summed E-state index contributed by atoms with van der Waals surface area (Å²) in [6, 6.07) is 8.08. The molecule has 3 heteroatoms. The van der Waals surface area contributed by atoms with E-state index in [4.69, 9.17) is 4.74 Å². The molecule has 2 nitrogen and oxygen atoms in total. The fraction of sp³-hybridized carbons (Fsp3) is 0.429. The Morgan fingerprint density at radius 3 is 2.53 bits per heavy atom. The fourth-order valence-electron chi connectivity index (χ4n) is 1.90. The maximum atomic E-state index is 10.8. The first-order valence-electron chi connectivity index (χ1n) is 5.64. The van der Waals surface area contributed by atoms with Crippen molar-refractivity contribution in [2.75, 3.05) is 7.11 Å².